The highest BCUT2D eigenvalue weighted by molar-refractivity contribution is 7.89. The first-order valence-electron chi connectivity index (χ1n) is 10.8. The lowest BCUT2D eigenvalue weighted by Gasteiger charge is -2.54. The summed E-state index contributed by atoms with van der Waals surface area (Å²) < 4.78 is 30.3. The van der Waals surface area contributed by atoms with Crippen LogP contribution >= 0.6 is 11.6 Å². The van der Waals surface area contributed by atoms with Crippen LogP contribution in [-0.4, -0.2) is 27.5 Å². The third-order valence-electron chi connectivity index (χ3n) is 6.32. The Labute approximate surface area is 198 Å². The predicted octanol–water partition coefficient (Wildman–Crippen LogP) is 4.87. The Hall–Kier alpha value is -1.92. The highest BCUT2D eigenvalue weighted by Crippen LogP contribution is 2.43. The zero-order valence-corrected chi connectivity index (χ0v) is 22.0. The van der Waals surface area contributed by atoms with Crippen LogP contribution in [-0.2, 0) is 10.0 Å². The molecule has 32 heavy (non-hydrogen) atoms. The van der Waals surface area contributed by atoms with Crippen LogP contribution in [0.25, 0.3) is 0 Å². The van der Waals surface area contributed by atoms with Gasteiger partial charge in [-0.25, -0.2) is 13.1 Å². The number of nitrogens with one attached hydrogen (secondary N) is 1. The largest absolute Gasteiger partial charge is 0.240 e. The number of sulfonamides is 1. The Bertz CT molecular complexity index is 1100. The van der Waals surface area contributed by atoms with Gasteiger partial charge in [-0.2, -0.15) is 0 Å². The van der Waals surface area contributed by atoms with Crippen LogP contribution in [0.2, 0.25) is 5.04 Å². The number of hydrogen-bond acceptors (Lipinski definition) is 2. The molecular formula is C26H32ClNO2SSi. The summed E-state index contributed by atoms with van der Waals surface area (Å²) in [6.45, 7) is 10.5. The molecule has 0 fully saturated rings. The number of rotatable bonds is 7. The molecule has 170 valence electrons. The van der Waals surface area contributed by atoms with E-state index in [1.807, 2.05) is 62.4 Å². The van der Waals surface area contributed by atoms with Gasteiger partial charge < -0.3 is 0 Å². The SMILES string of the molecule is Cc1ccc(S(=O)(=O)N[C@](C)(CCl)[Si](c2ccccc2)(c2ccccc2)C(C)(C)C)cc1. The third-order valence-corrected chi connectivity index (χ3v) is 15.5. The molecule has 3 nitrogen and oxygen atoms in total. The van der Waals surface area contributed by atoms with E-state index in [-0.39, 0.29) is 15.8 Å². The van der Waals surface area contributed by atoms with E-state index in [9.17, 15) is 8.42 Å². The maximum Gasteiger partial charge on any atom is 0.240 e. The highest BCUT2D eigenvalue weighted by atomic mass is 35.5. The second kappa shape index (κ2) is 9.14. The summed E-state index contributed by atoms with van der Waals surface area (Å²) in [7, 11) is -6.68. The highest BCUT2D eigenvalue weighted by Gasteiger charge is 2.60. The maximum atomic E-state index is 13.6. The second-order valence-corrected chi connectivity index (χ2v) is 16.8. The molecule has 0 spiro atoms. The van der Waals surface area contributed by atoms with Gasteiger partial charge in [0.1, 0.15) is 8.07 Å². The van der Waals surface area contributed by atoms with Gasteiger partial charge in [-0.3, -0.25) is 0 Å². The molecule has 3 aromatic carbocycles. The molecule has 0 bridgehead atoms. The minimum atomic E-state index is -3.81. The standard InChI is InChI=1S/C26H32ClNO2SSi/c1-21-16-18-22(19-17-21)31(29,30)28-26(5,20-27)32(25(2,3)4,23-12-8-6-9-13-23)24-14-10-7-11-15-24/h6-19,28H,20H2,1-5H3/t26-/m0/s1. The first-order chi connectivity index (χ1) is 15.0. The van der Waals surface area contributed by atoms with E-state index in [1.54, 1.807) is 12.1 Å². The van der Waals surface area contributed by atoms with Crippen molar-refractivity contribution >= 4 is 40.1 Å². The monoisotopic (exact) mass is 485 g/mol. The second-order valence-electron chi connectivity index (χ2n) is 9.62. The quantitative estimate of drug-likeness (QED) is 0.383. The molecule has 1 N–H and O–H groups in total. The molecule has 0 amide bonds. The average molecular weight is 486 g/mol. The lowest BCUT2D eigenvalue weighted by atomic mass is 10.2. The zero-order valence-electron chi connectivity index (χ0n) is 19.4. The van der Waals surface area contributed by atoms with Crippen LogP contribution in [0.3, 0.4) is 0 Å². The Morgan fingerprint density at radius 2 is 1.22 bits per heavy atom. The summed E-state index contributed by atoms with van der Waals surface area (Å²) in [5, 5.41) is 1.14. The Morgan fingerprint density at radius 1 is 0.781 bits per heavy atom. The number of halogens is 1. The maximum absolute atomic E-state index is 13.6. The molecule has 0 aliphatic rings. The van der Waals surface area contributed by atoms with Crippen LogP contribution < -0.4 is 15.1 Å². The van der Waals surface area contributed by atoms with Gasteiger partial charge in [0.05, 0.1) is 4.90 Å². The molecule has 3 rings (SSSR count). The molecule has 0 aliphatic heterocycles. The number of hydrogen-bond donors (Lipinski definition) is 1. The van der Waals surface area contributed by atoms with Gasteiger partial charge in [-0.1, -0.05) is 110 Å². The van der Waals surface area contributed by atoms with Crippen molar-refractivity contribution < 1.29 is 8.42 Å². The summed E-state index contributed by atoms with van der Waals surface area (Å²) in [5.74, 6) is 0.144. The number of alkyl halides is 1. The van der Waals surface area contributed by atoms with Gasteiger partial charge in [0.2, 0.25) is 10.0 Å². The molecule has 0 saturated carbocycles. The molecule has 6 heteroatoms. The van der Waals surface area contributed by atoms with Crippen molar-refractivity contribution in [3.05, 3.63) is 90.5 Å². The van der Waals surface area contributed by atoms with E-state index >= 15 is 0 Å². The van der Waals surface area contributed by atoms with E-state index in [1.165, 1.54) is 0 Å². The topological polar surface area (TPSA) is 46.2 Å². The normalized spacial score (nSPS) is 14.7. The molecule has 0 aromatic heterocycles. The summed E-state index contributed by atoms with van der Waals surface area (Å²) in [6, 6.07) is 27.5. The van der Waals surface area contributed by atoms with Gasteiger partial charge >= 0.3 is 0 Å². The third kappa shape index (κ3) is 4.31. The van der Waals surface area contributed by atoms with Crippen molar-refractivity contribution in [3.8, 4) is 0 Å². The van der Waals surface area contributed by atoms with E-state index in [0.29, 0.717) is 0 Å². The zero-order chi connectivity index (χ0) is 23.6. The minimum Gasteiger partial charge on any atom is -0.207 e. The molecule has 0 unspecified atom stereocenters. The summed E-state index contributed by atoms with van der Waals surface area (Å²) >= 11 is 6.73. The van der Waals surface area contributed by atoms with Crippen LogP contribution in [0.5, 0.6) is 0 Å². The van der Waals surface area contributed by atoms with Gasteiger partial charge in [0.15, 0.2) is 0 Å². The Morgan fingerprint density at radius 3 is 1.59 bits per heavy atom. The Kier molecular flexibility index (Phi) is 7.06. The fourth-order valence-corrected chi connectivity index (χ4v) is 14.8. The molecule has 3 aromatic rings. The van der Waals surface area contributed by atoms with Crippen molar-refractivity contribution in [1.82, 2.24) is 4.72 Å². The van der Waals surface area contributed by atoms with E-state index in [2.05, 4.69) is 49.8 Å². The predicted molar refractivity (Wildman–Crippen MR) is 138 cm³/mol. The van der Waals surface area contributed by atoms with Gasteiger partial charge in [0.25, 0.3) is 0 Å². The first kappa shape index (κ1) is 24.7. The first-order valence-corrected chi connectivity index (χ1v) is 14.8. The number of aryl methyl sites for hydroxylation is 1. The van der Waals surface area contributed by atoms with Gasteiger partial charge in [-0.15, -0.1) is 11.6 Å². The van der Waals surface area contributed by atoms with Crippen molar-refractivity contribution in [2.24, 2.45) is 0 Å². The lowest BCUT2D eigenvalue weighted by molar-refractivity contribution is 0.537. The summed E-state index contributed by atoms with van der Waals surface area (Å²) in [5.41, 5.74) is 1.01. The number of benzene rings is 3. The van der Waals surface area contributed by atoms with Crippen LogP contribution in [0.1, 0.15) is 33.3 Å². The lowest BCUT2D eigenvalue weighted by Crippen LogP contribution is -2.82. The van der Waals surface area contributed by atoms with Crippen molar-refractivity contribution in [2.75, 3.05) is 5.88 Å². The fraction of sp³-hybridized carbons (Fsp3) is 0.308. The molecular weight excluding hydrogens is 454 g/mol. The molecule has 0 heterocycles. The van der Waals surface area contributed by atoms with Crippen LogP contribution in [0.15, 0.2) is 89.8 Å². The van der Waals surface area contributed by atoms with E-state index in [4.69, 9.17) is 11.6 Å². The van der Waals surface area contributed by atoms with Gasteiger partial charge in [-0.05, 0) is 31.0 Å². The van der Waals surface area contributed by atoms with Crippen molar-refractivity contribution in [2.45, 2.75) is 49.7 Å². The summed E-state index contributed by atoms with van der Waals surface area (Å²) in [4.78, 5) is 0.248. The van der Waals surface area contributed by atoms with Crippen molar-refractivity contribution in [1.29, 1.82) is 0 Å². The van der Waals surface area contributed by atoms with Crippen LogP contribution in [0.4, 0.5) is 0 Å². The Balaban J connectivity index is 2.32. The molecule has 0 radical (unpaired) electrons. The minimum absolute atomic E-state index is 0.144. The van der Waals surface area contributed by atoms with Gasteiger partial charge in [0, 0.05) is 11.0 Å². The fourth-order valence-electron chi connectivity index (χ4n) is 5.15. The average Bonchev–Trinajstić information content (AvgIpc) is 2.74. The molecule has 1 atom stereocenters. The molecule has 0 aliphatic carbocycles. The smallest absolute Gasteiger partial charge is 0.207 e. The van der Waals surface area contributed by atoms with E-state index in [0.717, 1.165) is 15.9 Å². The molecule has 0 saturated heterocycles. The van der Waals surface area contributed by atoms with E-state index < -0.39 is 23.3 Å². The summed E-state index contributed by atoms with van der Waals surface area (Å²) in [6.07, 6.45) is 0. The van der Waals surface area contributed by atoms with Crippen LogP contribution in [0, 0.1) is 6.92 Å². The van der Waals surface area contributed by atoms with Crippen molar-refractivity contribution in [3.63, 3.8) is 0 Å².